The van der Waals surface area contributed by atoms with E-state index in [0.717, 1.165) is 18.4 Å². The van der Waals surface area contributed by atoms with Gasteiger partial charge in [0.1, 0.15) is 5.60 Å². The molecule has 1 N–H and O–H groups in total. The number of likely N-dealkylation sites (tertiary alicyclic amines) is 1. The third-order valence-electron chi connectivity index (χ3n) is 4.15. The highest BCUT2D eigenvalue weighted by atomic mass is 35.5. The van der Waals surface area contributed by atoms with E-state index >= 15 is 0 Å². The molecule has 0 saturated carbocycles. The first-order valence-electron chi connectivity index (χ1n) is 8.85. The minimum atomic E-state index is -0.495. The third kappa shape index (κ3) is 6.69. The smallest absolute Gasteiger partial charge is 0.410 e. The number of piperidine rings is 1. The highest BCUT2D eigenvalue weighted by Crippen LogP contribution is 2.22. The summed E-state index contributed by atoms with van der Waals surface area (Å²) in [5, 5.41) is 4.20. The normalized spacial score (nSPS) is 15.7. The first-order chi connectivity index (χ1) is 12.1. The summed E-state index contributed by atoms with van der Waals surface area (Å²) in [7, 11) is 0. The van der Waals surface area contributed by atoms with Crippen LogP contribution in [0.3, 0.4) is 0 Å². The van der Waals surface area contributed by atoms with Gasteiger partial charge in [-0.15, -0.1) is 0 Å². The van der Waals surface area contributed by atoms with Crippen molar-refractivity contribution in [3.05, 3.63) is 33.8 Å². The molecule has 1 aromatic carbocycles. The van der Waals surface area contributed by atoms with Crippen LogP contribution in [0.15, 0.2) is 18.2 Å². The summed E-state index contributed by atoms with van der Waals surface area (Å²) in [6, 6.07) is 5.38. The number of ether oxygens (including phenoxy) is 1. The molecule has 7 heteroatoms. The van der Waals surface area contributed by atoms with Gasteiger partial charge in [0.2, 0.25) is 5.91 Å². The standard InChI is InChI=1S/C19H26Cl2N2O3/c1-19(2,3)26-18(25)23-10-8-15(9-11-23)22-17(24)7-5-13-4-6-14(20)12-16(13)21/h4,6,12,15H,5,7-11H2,1-3H3,(H,22,24). The molecule has 0 bridgehead atoms. The van der Waals surface area contributed by atoms with Gasteiger partial charge in [0.25, 0.3) is 0 Å². The quantitative estimate of drug-likeness (QED) is 0.812. The number of benzene rings is 1. The average Bonchev–Trinajstić information content (AvgIpc) is 2.53. The van der Waals surface area contributed by atoms with Crippen molar-refractivity contribution in [1.82, 2.24) is 10.2 Å². The lowest BCUT2D eigenvalue weighted by molar-refractivity contribution is -0.122. The molecule has 0 radical (unpaired) electrons. The minimum Gasteiger partial charge on any atom is -0.444 e. The second-order valence-electron chi connectivity index (χ2n) is 7.54. The van der Waals surface area contributed by atoms with E-state index in [4.69, 9.17) is 27.9 Å². The number of hydrogen-bond donors (Lipinski definition) is 1. The van der Waals surface area contributed by atoms with Crippen molar-refractivity contribution < 1.29 is 14.3 Å². The van der Waals surface area contributed by atoms with Gasteiger partial charge in [-0.05, 0) is 57.7 Å². The molecule has 1 fully saturated rings. The number of carbonyl (C=O) groups excluding carboxylic acids is 2. The maximum absolute atomic E-state index is 12.2. The molecule has 2 amide bonds. The Morgan fingerprint density at radius 3 is 2.46 bits per heavy atom. The summed E-state index contributed by atoms with van der Waals surface area (Å²) in [6.45, 7) is 6.73. The van der Waals surface area contributed by atoms with Crippen molar-refractivity contribution in [3.8, 4) is 0 Å². The third-order valence-corrected chi connectivity index (χ3v) is 4.74. The monoisotopic (exact) mass is 400 g/mol. The Labute approximate surface area is 165 Å². The number of carbonyl (C=O) groups is 2. The molecule has 0 aromatic heterocycles. The Morgan fingerprint density at radius 1 is 1.23 bits per heavy atom. The van der Waals surface area contributed by atoms with Gasteiger partial charge < -0.3 is 15.0 Å². The van der Waals surface area contributed by atoms with Crippen LogP contribution in [0.25, 0.3) is 0 Å². The van der Waals surface area contributed by atoms with Crippen molar-refractivity contribution in [2.75, 3.05) is 13.1 Å². The van der Waals surface area contributed by atoms with E-state index in [-0.39, 0.29) is 18.0 Å². The summed E-state index contributed by atoms with van der Waals surface area (Å²) in [5.41, 5.74) is 0.413. The van der Waals surface area contributed by atoms with Gasteiger partial charge in [0.15, 0.2) is 0 Å². The van der Waals surface area contributed by atoms with E-state index in [9.17, 15) is 9.59 Å². The SMILES string of the molecule is CC(C)(C)OC(=O)N1CCC(NC(=O)CCc2ccc(Cl)cc2Cl)CC1. The molecular weight excluding hydrogens is 375 g/mol. The second-order valence-corrected chi connectivity index (χ2v) is 8.39. The molecule has 1 aromatic rings. The number of hydrogen-bond acceptors (Lipinski definition) is 3. The predicted molar refractivity (Wildman–Crippen MR) is 104 cm³/mol. The Balaban J connectivity index is 1.73. The van der Waals surface area contributed by atoms with Gasteiger partial charge in [-0.3, -0.25) is 4.79 Å². The fourth-order valence-corrected chi connectivity index (χ4v) is 3.31. The number of nitrogens with one attached hydrogen (secondary N) is 1. The van der Waals surface area contributed by atoms with Crippen molar-refractivity contribution in [2.45, 2.75) is 58.1 Å². The zero-order valence-electron chi connectivity index (χ0n) is 15.5. The van der Waals surface area contributed by atoms with Gasteiger partial charge in [-0.2, -0.15) is 0 Å². The fourth-order valence-electron chi connectivity index (χ4n) is 2.81. The van der Waals surface area contributed by atoms with E-state index in [1.165, 1.54) is 0 Å². The summed E-state index contributed by atoms with van der Waals surface area (Å²) < 4.78 is 5.38. The largest absolute Gasteiger partial charge is 0.444 e. The molecule has 2 rings (SSSR count). The van der Waals surface area contributed by atoms with E-state index in [2.05, 4.69) is 5.32 Å². The topological polar surface area (TPSA) is 58.6 Å². The second kappa shape index (κ2) is 8.96. The van der Waals surface area contributed by atoms with Gasteiger partial charge in [0.05, 0.1) is 0 Å². The summed E-state index contributed by atoms with van der Waals surface area (Å²) in [6.07, 6.45) is 2.10. The maximum atomic E-state index is 12.2. The maximum Gasteiger partial charge on any atom is 0.410 e. The molecule has 5 nitrogen and oxygen atoms in total. The van der Waals surface area contributed by atoms with E-state index in [1.807, 2.05) is 26.8 Å². The van der Waals surface area contributed by atoms with Crippen LogP contribution in [-0.2, 0) is 16.0 Å². The zero-order valence-corrected chi connectivity index (χ0v) is 17.0. The van der Waals surface area contributed by atoms with Crippen LogP contribution >= 0.6 is 23.2 Å². The summed E-state index contributed by atoms with van der Waals surface area (Å²) >= 11 is 12.0. The Bertz CT molecular complexity index is 651. The Hall–Kier alpha value is -1.46. The molecule has 26 heavy (non-hydrogen) atoms. The van der Waals surface area contributed by atoms with E-state index < -0.39 is 5.60 Å². The minimum absolute atomic E-state index is 0.00765. The number of amides is 2. The van der Waals surface area contributed by atoms with Crippen molar-refractivity contribution in [3.63, 3.8) is 0 Å². The number of halogens is 2. The predicted octanol–water partition coefficient (Wildman–Crippen LogP) is 4.44. The lowest BCUT2D eigenvalue weighted by Crippen LogP contribution is -2.47. The van der Waals surface area contributed by atoms with Crippen LogP contribution in [0.2, 0.25) is 10.0 Å². The molecule has 0 atom stereocenters. The molecule has 1 saturated heterocycles. The van der Waals surface area contributed by atoms with Crippen molar-refractivity contribution in [1.29, 1.82) is 0 Å². The van der Waals surface area contributed by atoms with Crippen molar-refractivity contribution in [2.24, 2.45) is 0 Å². The first kappa shape index (κ1) is 20.8. The van der Waals surface area contributed by atoms with Crippen LogP contribution in [-0.4, -0.2) is 41.6 Å². The first-order valence-corrected chi connectivity index (χ1v) is 9.61. The molecule has 0 aliphatic carbocycles. The van der Waals surface area contributed by atoms with Crippen LogP contribution in [0.4, 0.5) is 4.79 Å². The highest BCUT2D eigenvalue weighted by molar-refractivity contribution is 6.35. The molecule has 144 valence electrons. The van der Waals surface area contributed by atoms with Gasteiger partial charge >= 0.3 is 6.09 Å². The van der Waals surface area contributed by atoms with Gasteiger partial charge in [-0.25, -0.2) is 4.79 Å². The molecule has 0 spiro atoms. The molecule has 1 heterocycles. The van der Waals surface area contributed by atoms with E-state index in [1.54, 1.807) is 17.0 Å². The number of rotatable bonds is 4. The molecule has 1 aliphatic heterocycles. The molecular formula is C19H26Cl2N2O3. The van der Waals surface area contributed by atoms with Gasteiger partial charge in [-0.1, -0.05) is 29.3 Å². The van der Waals surface area contributed by atoms with Crippen LogP contribution in [0, 0.1) is 0 Å². The van der Waals surface area contributed by atoms with E-state index in [0.29, 0.717) is 36.0 Å². The summed E-state index contributed by atoms with van der Waals surface area (Å²) in [4.78, 5) is 25.9. The molecule has 0 unspecified atom stereocenters. The Morgan fingerprint density at radius 2 is 1.88 bits per heavy atom. The fraction of sp³-hybridized carbons (Fsp3) is 0.579. The Kier molecular flexibility index (Phi) is 7.18. The molecule has 1 aliphatic rings. The number of nitrogens with zero attached hydrogens (tertiary/aromatic N) is 1. The summed E-state index contributed by atoms with van der Waals surface area (Å²) in [5.74, 6) is -0.00765. The van der Waals surface area contributed by atoms with Crippen molar-refractivity contribution >= 4 is 35.2 Å². The van der Waals surface area contributed by atoms with Crippen LogP contribution < -0.4 is 5.32 Å². The average molecular weight is 401 g/mol. The zero-order chi connectivity index (χ0) is 19.3. The number of aryl methyl sites for hydroxylation is 1. The highest BCUT2D eigenvalue weighted by Gasteiger charge is 2.27. The van der Waals surface area contributed by atoms with Crippen LogP contribution in [0.5, 0.6) is 0 Å². The van der Waals surface area contributed by atoms with Crippen LogP contribution in [0.1, 0.15) is 45.6 Å². The lowest BCUT2D eigenvalue weighted by Gasteiger charge is -2.33. The van der Waals surface area contributed by atoms with Gasteiger partial charge in [0, 0.05) is 35.6 Å². The lowest BCUT2D eigenvalue weighted by atomic mass is 10.0.